The highest BCUT2D eigenvalue weighted by atomic mass is 32.2. The van der Waals surface area contributed by atoms with Gasteiger partial charge in [-0.3, -0.25) is 4.79 Å². The Morgan fingerprint density at radius 2 is 1.75 bits per heavy atom. The van der Waals surface area contributed by atoms with Gasteiger partial charge >= 0.3 is 0 Å². The zero-order chi connectivity index (χ0) is 14.2. The molecule has 0 radical (unpaired) electrons. The van der Waals surface area contributed by atoms with Crippen molar-refractivity contribution in [3.8, 4) is 0 Å². The molecule has 0 aliphatic rings. The highest BCUT2D eigenvalue weighted by molar-refractivity contribution is 7.99. The number of rotatable bonds is 6. The number of hydrogen-bond donors (Lipinski definition) is 2. The molecule has 0 atom stereocenters. The summed E-state index contributed by atoms with van der Waals surface area (Å²) in [6.07, 6.45) is 0.474. The van der Waals surface area contributed by atoms with Crippen molar-refractivity contribution in [1.82, 2.24) is 0 Å². The van der Waals surface area contributed by atoms with Gasteiger partial charge < -0.3 is 10.4 Å². The van der Waals surface area contributed by atoms with Gasteiger partial charge in [0.25, 0.3) is 0 Å². The first-order valence-electron chi connectivity index (χ1n) is 6.45. The van der Waals surface area contributed by atoms with Crippen LogP contribution in [0, 0.1) is 0 Å². The van der Waals surface area contributed by atoms with E-state index in [1.807, 2.05) is 54.6 Å². The monoisotopic (exact) mass is 287 g/mol. The normalized spacial score (nSPS) is 10.2. The molecule has 104 valence electrons. The van der Waals surface area contributed by atoms with Gasteiger partial charge in [-0.15, -0.1) is 11.8 Å². The molecule has 0 aromatic heterocycles. The minimum atomic E-state index is 0.0238. The Bertz CT molecular complexity index is 540. The largest absolute Gasteiger partial charge is 0.392 e. The van der Waals surface area contributed by atoms with Crippen LogP contribution >= 0.6 is 11.8 Å². The number of nitrogens with one attached hydrogen (secondary N) is 1. The molecule has 0 fully saturated rings. The predicted octanol–water partition coefficient (Wildman–Crippen LogP) is 3.30. The molecule has 2 aromatic carbocycles. The molecule has 0 aliphatic heterocycles. The van der Waals surface area contributed by atoms with Gasteiger partial charge in [0.1, 0.15) is 0 Å². The molecule has 0 saturated carbocycles. The zero-order valence-corrected chi connectivity index (χ0v) is 11.9. The minimum Gasteiger partial charge on any atom is -0.392 e. The van der Waals surface area contributed by atoms with Gasteiger partial charge in [0.15, 0.2) is 0 Å². The summed E-state index contributed by atoms with van der Waals surface area (Å²) in [4.78, 5) is 12.9. The third-order valence-electron chi connectivity index (χ3n) is 2.76. The molecule has 0 saturated heterocycles. The summed E-state index contributed by atoms with van der Waals surface area (Å²) in [5, 5.41) is 11.8. The van der Waals surface area contributed by atoms with Crippen LogP contribution in [-0.2, 0) is 11.4 Å². The number of aliphatic hydroxyl groups excluding tert-OH is 1. The van der Waals surface area contributed by atoms with Crippen LogP contribution in [-0.4, -0.2) is 16.8 Å². The SMILES string of the molecule is O=C(CCSc1ccc(CO)cc1)Nc1ccccc1. The molecule has 0 unspecified atom stereocenters. The van der Waals surface area contributed by atoms with E-state index in [2.05, 4.69) is 5.32 Å². The van der Waals surface area contributed by atoms with E-state index in [1.165, 1.54) is 0 Å². The number of amides is 1. The summed E-state index contributed by atoms with van der Waals surface area (Å²) in [6.45, 7) is 0.0599. The van der Waals surface area contributed by atoms with Crippen molar-refractivity contribution in [1.29, 1.82) is 0 Å². The van der Waals surface area contributed by atoms with Gasteiger partial charge in [0, 0.05) is 22.8 Å². The second kappa shape index (κ2) is 7.72. The molecule has 3 nitrogen and oxygen atoms in total. The number of benzene rings is 2. The fraction of sp³-hybridized carbons (Fsp3) is 0.188. The number of para-hydroxylation sites is 1. The number of aliphatic hydroxyl groups is 1. The number of anilines is 1. The maximum Gasteiger partial charge on any atom is 0.225 e. The molecule has 2 aromatic rings. The average Bonchev–Trinajstić information content (AvgIpc) is 2.49. The Morgan fingerprint density at radius 3 is 2.40 bits per heavy atom. The van der Waals surface area contributed by atoms with Gasteiger partial charge in [-0.25, -0.2) is 0 Å². The Labute approximate surface area is 123 Å². The third kappa shape index (κ3) is 4.72. The molecule has 1 amide bonds. The van der Waals surface area contributed by atoms with Crippen molar-refractivity contribution in [3.63, 3.8) is 0 Å². The van der Waals surface area contributed by atoms with Crippen LogP contribution in [0.3, 0.4) is 0 Å². The lowest BCUT2D eigenvalue weighted by molar-refractivity contribution is -0.115. The van der Waals surface area contributed by atoms with E-state index in [-0.39, 0.29) is 12.5 Å². The predicted molar refractivity (Wildman–Crippen MR) is 82.8 cm³/mol. The third-order valence-corrected chi connectivity index (χ3v) is 3.78. The Balaban J connectivity index is 1.73. The van der Waals surface area contributed by atoms with Crippen LogP contribution in [0.1, 0.15) is 12.0 Å². The first-order chi connectivity index (χ1) is 9.78. The van der Waals surface area contributed by atoms with Crippen molar-refractivity contribution in [3.05, 3.63) is 60.2 Å². The lowest BCUT2D eigenvalue weighted by Crippen LogP contribution is -2.11. The van der Waals surface area contributed by atoms with E-state index < -0.39 is 0 Å². The molecule has 4 heteroatoms. The number of carbonyl (C=O) groups excluding carboxylic acids is 1. The molecular formula is C16H17NO2S. The minimum absolute atomic E-state index is 0.0238. The molecule has 2 N–H and O–H groups in total. The summed E-state index contributed by atoms with van der Waals surface area (Å²) < 4.78 is 0. The van der Waals surface area contributed by atoms with Crippen molar-refractivity contribution in [2.75, 3.05) is 11.1 Å². The van der Waals surface area contributed by atoms with Gasteiger partial charge in [-0.05, 0) is 29.8 Å². The quantitative estimate of drug-likeness (QED) is 0.801. The van der Waals surface area contributed by atoms with E-state index in [1.54, 1.807) is 11.8 Å². The summed E-state index contributed by atoms with van der Waals surface area (Å²) in [5.41, 5.74) is 1.73. The highest BCUT2D eigenvalue weighted by Crippen LogP contribution is 2.19. The fourth-order valence-electron chi connectivity index (χ4n) is 1.70. The first kappa shape index (κ1) is 14.6. The second-order valence-corrected chi connectivity index (χ2v) is 5.48. The van der Waals surface area contributed by atoms with Crippen LogP contribution in [0.2, 0.25) is 0 Å². The van der Waals surface area contributed by atoms with E-state index in [0.29, 0.717) is 6.42 Å². The number of thioether (sulfide) groups is 1. The molecule has 0 spiro atoms. The molecule has 0 aliphatic carbocycles. The average molecular weight is 287 g/mol. The van der Waals surface area contributed by atoms with Crippen LogP contribution in [0.5, 0.6) is 0 Å². The summed E-state index contributed by atoms with van der Waals surface area (Å²) in [7, 11) is 0. The Kier molecular flexibility index (Phi) is 5.65. The van der Waals surface area contributed by atoms with Crippen molar-refractivity contribution < 1.29 is 9.90 Å². The van der Waals surface area contributed by atoms with Crippen LogP contribution in [0.25, 0.3) is 0 Å². The van der Waals surface area contributed by atoms with Crippen LogP contribution in [0.15, 0.2) is 59.5 Å². The maximum absolute atomic E-state index is 11.7. The van der Waals surface area contributed by atoms with Gasteiger partial charge in [0.2, 0.25) is 5.91 Å². The van der Waals surface area contributed by atoms with E-state index in [9.17, 15) is 4.79 Å². The summed E-state index contributed by atoms with van der Waals surface area (Å²) >= 11 is 1.64. The zero-order valence-electron chi connectivity index (χ0n) is 11.1. The fourth-order valence-corrected chi connectivity index (χ4v) is 2.55. The lowest BCUT2D eigenvalue weighted by Gasteiger charge is -2.05. The Morgan fingerprint density at radius 1 is 1.05 bits per heavy atom. The summed E-state index contributed by atoms with van der Waals surface area (Å²) in [5.74, 6) is 0.757. The molecule has 2 rings (SSSR count). The van der Waals surface area contributed by atoms with Crippen LogP contribution in [0.4, 0.5) is 5.69 Å². The second-order valence-electron chi connectivity index (χ2n) is 4.31. The standard InChI is InChI=1S/C16H17NO2S/c18-12-13-6-8-15(9-7-13)20-11-10-16(19)17-14-4-2-1-3-5-14/h1-9,18H,10-12H2,(H,17,19). The molecule has 20 heavy (non-hydrogen) atoms. The first-order valence-corrected chi connectivity index (χ1v) is 7.44. The van der Waals surface area contributed by atoms with E-state index in [0.717, 1.165) is 21.9 Å². The smallest absolute Gasteiger partial charge is 0.225 e. The highest BCUT2D eigenvalue weighted by Gasteiger charge is 2.02. The van der Waals surface area contributed by atoms with Crippen LogP contribution < -0.4 is 5.32 Å². The van der Waals surface area contributed by atoms with Gasteiger partial charge in [-0.1, -0.05) is 30.3 Å². The van der Waals surface area contributed by atoms with Crippen molar-refractivity contribution in [2.24, 2.45) is 0 Å². The van der Waals surface area contributed by atoms with Gasteiger partial charge in [-0.2, -0.15) is 0 Å². The molecule has 0 bridgehead atoms. The van der Waals surface area contributed by atoms with Crippen molar-refractivity contribution >= 4 is 23.4 Å². The Hall–Kier alpha value is -1.78. The van der Waals surface area contributed by atoms with E-state index >= 15 is 0 Å². The molecule has 0 heterocycles. The number of hydrogen-bond acceptors (Lipinski definition) is 3. The van der Waals surface area contributed by atoms with E-state index in [4.69, 9.17) is 5.11 Å². The maximum atomic E-state index is 11.7. The number of carbonyl (C=O) groups is 1. The topological polar surface area (TPSA) is 49.3 Å². The lowest BCUT2D eigenvalue weighted by atomic mass is 10.2. The summed E-state index contributed by atoms with van der Waals surface area (Å²) in [6, 6.07) is 17.2. The molecular weight excluding hydrogens is 270 g/mol. The van der Waals surface area contributed by atoms with Crippen molar-refractivity contribution in [2.45, 2.75) is 17.9 Å². The van der Waals surface area contributed by atoms with Gasteiger partial charge in [0.05, 0.1) is 6.61 Å².